The third-order valence-corrected chi connectivity index (χ3v) is 2.51. The lowest BCUT2D eigenvalue weighted by atomic mass is 10.2. The Bertz CT molecular complexity index is 547. The minimum atomic E-state index is 0.387. The Kier molecular flexibility index (Phi) is 4.62. The minimum Gasteiger partial charge on any atom is -0.400 e. The maximum absolute atomic E-state index is 10.8. The van der Waals surface area contributed by atoms with Crippen LogP contribution in [0.4, 0.5) is 5.82 Å². The highest BCUT2D eigenvalue weighted by atomic mass is 16.2. The topological polar surface area (TPSA) is 81.1 Å². The van der Waals surface area contributed by atoms with E-state index >= 15 is 0 Å². The van der Waals surface area contributed by atoms with Crippen LogP contribution in [0, 0.1) is 13.8 Å². The molecule has 5 nitrogen and oxygen atoms in total. The lowest BCUT2D eigenvalue weighted by Crippen LogP contribution is -2.02. The van der Waals surface area contributed by atoms with Crippen LogP contribution in [-0.2, 0) is 0 Å². The number of carbonyl (C=O) groups is 1. The highest BCUT2D eigenvalue weighted by Crippen LogP contribution is 2.19. The summed E-state index contributed by atoms with van der Waals surface area (Å²) in [6, 6.07) is 7.81. The SMILES string of the molecule is CO.Cc1cccc(-n2nc(C)c(C=O)c2N)c1. The highest BCUT2D eigenvalue weighted by Gasteiger charge is 2.12. The number of carbonyl (C=O) groups excluding carboxylic acids is 1. The van der Waals surface area contributed by atoms with Crippen molar-refractivity contribution >= 4 is 12.1 Å². The molecular weight excluding hydrogens is 230 g/mol. The number of aryl methyl sites for hydroxylation is 2. The summed E-state index contributed by atoms with van der Waals surface area (Å²) in [6.45, 7) is 3.77. The molecular formula is C13H17N3O2. The lowest BCUT2D eigenvalue weighted by Gasteiger charge is -2.04. The van der Waals surface area contributed by atoms with Gasteiger partial charge < -0.3 is 10.8 Å². The van der Waals surface area contributed by atoms with Crippen molar-refractivity contribution in [2.45, 2.75) is 13.8 Å². The molecule has 0 fully saturated rings. The van der Waals surface area contributed by atoms with E-state index < -0.39 is 0 Å². The van der Waals surface area contributed by atoms with Crippen LogP contribution in [0.3, 0.4) is 0 Å². The molecule has 0 atom stereocenters. The Labute approximate surface area is 106 Å². The first-order valence-corrected chi connectivity index (χ1v) is 5.45. The lowest BCUT2D eigenvalue weighted by molar-refractivity contribution is 0.112. The van der Waals surface area contributed by atoms with E-state index in [1.165, 1.54) is 0 Å². The molecule has 2 aromatic rings. The van der Waals surface area contributed by atoms with Gasteiger partial charge in [-0.3, -0.25) is 4.79 Å². The smallest absolute Gasteiger partial charge is 0.155 e. The Morgan fingerprint density at radius 2 is 2.00 bits per heavy atom. The van der Waals surface area contributed by atoms with Gasteiger partial charge >= 0.3 is 0 Å². The zero-order valence-corrected chi connectivity index (χ0v) is 10.7. The number of aromatic nitrogens is 2. The monoisotopic (exact) mass is 247 g/mol. The molecule has 2 rings (SSSR count). The second-order valence-corrected chi connectivity index (χ2v) is 3.75. The molecule has 0 saturated carbocycles. The van der Waals surface area contributed by atoms with Gasteiger partial charge in [-0.05, 0) is 31.5 Å². The number of benzene rings is 1. The first-order valence-electron chi connectivity index (χ1n) is 5.45. The van der Waals surface area contributed by atoms with Crippen molar-refractivity contribution in [2.75, 3.05) is 12.8 Å². The van der Waals surface area contributed by atoms with Crippen molar-refractivity contribution in [1.29, 1.82) is 0 Å². The molecule has 0 aliphatic carbocycles. The summed E-state index contributed by atoms with van der Waals surface area (Å²) in [7, 11) is 1.00. The standard InChI is InChI=1S/C12H13N3O.CH4O/c1-8-4-3-5-10(6-8)15-12(13)11(7-16)9(2)14-15;1-2/h3-7H,13H2,1-2H3;2H,1H3. The van der Waals surface area contributed by atoms with E-state index in [4.69, 9.17) is 10.8 Å². The summed E-state index contributed by atoms with van der Waals surface area (Å²) in [5.74, 6) is 0.387. The number of rotatable bonds is 2. The summed E-state index contributed by atoms with van der Waals surface area (Å²) >= 11 is 0. The Hall–Kier alpha value is -2.14. The van der Waals surface area contributed by atoms with Gasteiger partial charge in [0.2, 0.25) is 0 Å². The van der Waals surface area contributed by atoms with Crippen molar-refractivity contribution < 1.29 is 9.90 Å². The molecule has 5 heteroatoms. The molecule has 0 bridgehead atoms. The number of nitrogen functional groups attached to an aromatic ring is 1. The van der Waals surface area contributed by atoms with Crippen molar-refractivity contribution in [1.82, 2.24) is 9.78 Å². The normalized spacial score (nSPS) is 9.56. The molecule has 0 unspecified atom stereocenters. The molecule has 18 heavy (non-hydrogen) atoms. The van der Waals surface area contributed by atoms with E-state index in [1.807, 2.05) is 31.2 Å². The van der Waals surface area contributed by atoms with E-state index in [0.717, 1.165) is 24.6 Å². The number of nitrogens with zero attached hydrogens (tertiary/aromatic N) is 2. The maximum atomic E-state index is 10.8. The summed E-state index contributed by atoms with van der Waals surface area (Å²) in [5.41, 5.74) is 8.96. The Balaban J connectivity index is 0.000000771. The van der Waals surface area contributed by atoms with Crippen LogP contribution < -0.4 is 5.73 Å². The molecule has 0 aliphatic rings. The number of aliphatic hydroxyl groups is 1. The van der Waals surface area contributed by atoms with Crippen LogP contribution in [0.2, 0.25) is 0 Å². The van der Waals surface area contributed by atoms with Crippen LogP contribution in [0.15, 0.2) is 24.3 Å². The van der Waals surface area contributed by atoms with E-state index in [1.54, 1.807) is 11.6 Å². The summed E-state index contributed by atoms with van der Waals surface area (Å²) in [6.07, 6.45) is 0.740. The van der Waals surface area contributed by atoms with Gasteiger partial charge in [0.1, 0.15) is 5.82 Å². The number of nitrogens with two attached hydrogens (primary N) is 1. The third kappa shape index (κ3) is 2.57. The van der Waals surface area contributed by atoms with E-state index in [9.17, 15) is 4.79 Å². The van der Waals surface area contributed by atoms with Crippen LogP contribution in [0.1, 0.15) is 21.6 Å². The van der Waals surface area contributed by atoms with Crippen molar-refractivity contribution in [3.8, 4) is 5.69 Å². The van der Waals surface area contributed by atoms with Crippen LogP contribution in [0.25, 0.3) is 5.69 Å². The Morgan fingerprint density at radius 1 is 1.33 bits per heavy atom. The van der Waals surface area contributed by atoms with Gasteiger partial charge in [-0.15, -0.1) is 0 Å². The molecule has 96 valence electrons. The second-order valence-electron chi connectivity index (χ2n) is 3.75. The number of anilines is 1. The third-order valence-electron chi connectivity index (χ3n) is 2.51. The zero-order valence-electron chi connectivity index (χ0n) is 10.7. The predicted octanol–water partition coefficient (Wildman–Crippen LogP) is 1.49. The Morgan fingerprint density at radius 3 is 2.50 bits per heavy atom. The number of hydrogen-bond donors (Lipinski definition) is 2. The zero-order chi connectivity index (χ0) is 13.7. The fourth-order valence-corrected chi connectivity index (χ4v) is 1.66. The average molecular weight is 247 g/mol. The molecule has 0 spiro atoms. The molecule has 1 aromatic carbocycles. The summed E-state index contributed by atoms with van der Waals surface area (Å²) < 4.78 is 1.59. The highest BCUT2D eigenvalue weighted by molar-refractivity contribution is 5.84. The molecule has 0 radical (unpaired) electrons. The molecule has 3 N–H and O–H groups in total. The van der Waals surface area contributed by atoms with Gasteiger partial charge in [0.15, 0.2) is 6.29 Å². The first kappa shape index (κ1) is 13.9. The van der Waals surface area contributed by atoms with Gasteiger partial charge in [-0.25, -0.2) is 4.68 Å². The van der Waals surface area contributed by atoms with Crippen molar-refractivity contribution in [3.05, 3.63) is 41.1 Å². The quantitative estimate of drug-likeness (QED) is 0.788. The van der Waals surface area contributed by atoms with Crippen LogP contribution in [0.5, 0.6) is 0 Å². The molecule has 1 heterocycles. The summed E-state index contributed by atoms with van der Waals surface area (Å²) in [5, 5.41) is 11.3. The molecule has 0 amide bonds. The van der Waals surface area contributed by atoms with Gasteiger partial charge in [0.25, 0.3) is 0 Å². The number of aliphatic hydroxyl groups excluding tert-OH is 1. The van der Waals surface area contributed by atoms with E-state index in [2.05, 4.69) is 5.10 Å². The van der Waals surface area contributed by atoms with Crippen LogP contribution >= 0.6 is 0 Å². The van der Waals surface area contributed by atoms with Crippen molar-refractivity contribution in [3.63, 3.8) is 0 Å². The van der Waals surface area contributed by atoms with Gasteiger partial charge in [-0.1, -0.05) is 12.1 Å². The average Bonchev–Trinajstić information content (AvgIpc) is 2.67. The fourth-order valence-electron chi connectivity index (χ4n) is 1.66. The summed E-state index contributed by atoms with van der Waals surface area (Å²) in [4.78, 5) is 10.8. The molecule has 1 aromatic heterocycles. The van der Waals surface area contributed by atoms with E-state index in [0.29, 0.717) is 17.1 Å². The number of aldehydes is 1. The number of hydrogen-bond acceptors (Lipinski definition) is 4. The van der Waals surface area contributed by atoms with Gasteiger partial charge in [0, 0.05) is 7.11 Å². The van der Waals surface area contributed by atoms with Crippen molar-refractivity contribution in [2.24, 2.45) is 0 Å². The second kappa shape index (κ2) is 5.97. The van der Waals surface area contributed by atoms with Gasteiger partial charge in [0.05, 0.1) is 16.9 Å². The fraction of sp³-hybridized carbons (Fsp3) is 0.231. The first-order chi connectivity index (χ1) is 8.63. The maximum Gasteiger partial charge on any atom is 0.155 e. The molecule has 0 saturated heterocycles. The van der Waals surface area contributed by atoms with E-state index in [-0.39, 0.29) is 0 Å². The predicted molar refractivity (Wildman–Crippen MR) is 71.0 cm³/mol. The van der Waals surface area contributed by atoms with Crippen LogP contribution in [-0.4, -0.2) is 28.3 Å². The molecule has 0 aliphatic heterocycles. The minimum absolute atomic E-state index is 0.387. The largest absolute Gasteiger partial charge is 0.400 e. The van der Waals surface area contributed by atoms with Gasteiger partial charge in [-0.2, -0.15) is 5.10 Å².